The van der Waals surface area contributed by atoms with Gasteiger partial charge < -0.3 is 5.73 Å². The predicted molar refractivity (Wildman–Crippen MR) is 83.6 cm³/mol. The summed E-state index contributed by atoms with van der Waals surface area (Å²) in [6.45, 7) is 6.05. The Bertz CT molecular complexity index is 394. The van der Waals surface area contributed by atoms with Gasteiger partial charge in [-0.15, -0.1) is 0 Å². The third-order valence-corrected chi connectivity index (χ3v) is 5.27. The average Bonchev–Trinajstić information content (AvgIpc) is 3.11. The second-order valence-corrected chi connectivity index (χ2v) is 6.22. The standard InChI is InChI=1S/C16H30N4/c1-4-16(5-2,13-17)19(3)12-14-10-11-20(18-14)15-8-6-7-9-15/h10-11,15H,4-9,12-13,17H2,1-3H3. The van der Waals surface area contributed by atoms with E-state index in [0.717, 1.165) is 19.4 Å². The fourth-order valence-corrected chi connectivity index (χ4v) is 3.48. The normalized spacial score (nSPS) is 17.2. The zero-order chi connectivity index (χ0) is 14.6. The summed E-state index contributed by atoms with van der Waals surface area (Å²) < 4.78 is 2.18. The highest BCUT2D eigenvalue weighted by atomic mass is 15.3. The molecule has 0 unspecified atom stereocenters. The number of aromatic nitrogens is 2. The Kier molecular flexibility index (Phi) is 5.22. The Morgan fingerprint density at radius 1 is 1.35 bits per heavy atom. The van der Waals surface area contributed by atoms with Gasteiger partial charge >= 0.3 is 0 Å². The molecule has 1 aliphatic carbocycles. The molecule has 1 saturated carbocycles. The molecule has 0 aromatic carbocycles. The van der Waals surface area contributed by atoms with E-state index in [0.29, 0.717) is 12.6 Å². The van der Waals surface area contributed by atoms with Crippen LogP contribution in [-0.4, -0.2) is 33.8 Å². The Hall–Kier alpha value is -0.870. The minimum Gasteiger partial charge on any atom is -0.329 e. The van der Waals surface area contributed by atoms with Gasteiger partial charge in [0.2, 0.25) is 0 Å². The first-order valence-corrected chi connectivity index (χ1v) is 8.10. The molecule has 0 atom stereocenters. The van der Waals surface area contributed by atoms with Crippen molar-refractivity contribution >= 4 is 0 Å². The lowest BCUT2D eigenvalue weighted by atomic mass is 9.91. The minimum atomic E-state index is 0.108. The van der Waals surface area contributed by atoms with Crippen LogP contribution in [-0.2, 0) is 6.54 Å². The molecule has 1 aliphatic rings. The van der Waals surface area contributed by atoms with Crippen molar-refractivity contribution in [2.24, 2.45) is 5.73 Å². The summed E-state index contributed by atoms with van der Waals surface area (Å²) in [4.78, 5) is 2.38. The van der Waals surface area contributed by atoms with Gasteiger partial charge in [0.15, 0.2) is 0 Å². The number of likely N-dealkylation sites (N-methyl/N-ethyl adjacent to an activating group) is 1. The number of nitrogens with zero attached hydrogens (tertiary/aromatic N) is 3. The molecule has 1 aromatic heterocycles. The topological polar surface area (TPSA) is 47.1 Å². The quantitative estimate of drug-likeness (QED) is 0.834. The SMILES string of the molecule is CCC(CC)(CN)N(C)Cc1ccn(C2CCCC2)n1. The van der Waals surface area contributed by atoms with Crippen LogP contribution in [0.1, 0.15) is 64.1 Å². The Morgan fingerprint density at radius 2 is 2.00 bits per heavy atom. The number of rotatable bonds is 7. The molecule has 0 amide bonds. The summed E-state index contributed by atoms with van der Waals surface area (Å²) in [6, 6.07) is 2.80. The maximum Gasteiger partial charge on any atom is 0.0764 e. The molecule has 20 heavy (non-hydrogen) atoms. The summed E-state index contributed by atoms with van der Waals surface area (Å²) in [7, 11) is 2.18. The second kappa shape index (κ2) is 6.72. The molecule has 0 aliphatic heterocycles. The minimum absolute atomic E-state index is 0.108. The first-order valence-electron chi connectivity index (χ1n) is 8.10. The highest BCUT2D eigenvalue weighted by molar-refractivity contribution is 5.02. The van der Waals surface area contributed by atoms with Crippen LogP contribution >= 0.6 is 0 Å². The lowest BCUT2D eigenvalue weighted by Crippen LogP contribution is -2.50. The van der Waals surface area contributed by atoms with Gasteiger partial charge in [-0.1, -0.05) is 26.7 Å². The zero-order valence-electron chi connectivity index (χ0n) is 13.3. The van der Waals surface area contributed by atoms with E-state index in [1.165, 1.54) is 31.4 Å². The monoisotopic (exact) mass is 278 g/mol. The van der Waals surface area contributed by atoms with E-state index in [1.54, 1.807) is 0 Å². The predicted octanol–water partition coefficient (Wildman–Crippen LogP) is 2.95. The van der Waals surface area contributed by atoms with E-state index in [1.807, 2.05) is 0 Å². The van der Waals surface area contributed by atoms with E-state index in [9.17, 15) is 0 Å². The van der Waals surface area contributed by atoms with Crippen LogP contribution in [0.2, 0.25) is 0 Å². The molecule has 0 radical (unpaired) electrons. The van der Waals surface area contributed by atoms with Crippen molar-refractivity contribution in [1.82, 2.24) is 14.7 Å². The molecular formula is C16H30N4. The Balaban J connectivity index is 2.02. The summed E-state index contributed by atoms with van der Waals surface area (Å²) >= 11 is 0. The third-order valence-electron chi connectivity index (χ3n) is 5.27. The van der Waals surface area contributed by atoms with Crippen molar-refractivity contribution in [2.45, 2.75) is 70.5 Å². The van der Waals surface area contributed by atoms with Crippen molar-refractivity contribution in [2.75, 3.05) is 13.6 Å². The Labute approximate surface area is 123 Å². The average molecular weight is 278 g/mol. The second-order valence-electron chi connectivity index (χ2n) is 6.22. The van der Waals surface area contributed by atoms with E-state index in [4.69, 9.17) is 10.8 Å². The van der Waals surface area contributed by atoms with Gasteiger partial charge in [-0.25, -0.2) is 0 Å². The first-order chi connectivity index (χ1) is 9.65. The van der Waals surface area contributed by atoms with Crippen molar-refractivity contribution < 1.29 is 0 Å². The van der Waals surface area contributed by atoms with Crippen LogP contribution in [0.5, 0.6) is 0 Å². The van der Waals surface area contributed by atoms with Crippen molar-refractivity contribution in [3.8, 4) is 0 Å². The Morgan fingerprint density at radius 3 is 2.55 bits per heavy atom. The van der Waals surface area contributed by atoms with E-state index < -0.39 is 0 Å². The molecule has 4 nitrogen and oxygen atoms in total. The third kappa shape index (κ3) is 3.07. The molecule has 1 heterocycles. The molecular weight excluding hydrogens is 248 g/mol. The maximum absolute atomic E-state index is 6.02. The molecule has 0 spiro atoms. The number of hydrogen-bond donors (Lipinski definition) is 1. The molecule has 2 rings (SSSR count). The van der Waals surface area contributed by atoms with Crippen molar-refractivity contribution in [3.63, 3.8) is 0 Å². The molecule has 114 valence electrons. The number of nitrogens with two attached hydrogens (primary N) is 1. The molecule has 0 bridgehead atoms. The molecule has 1 fully saturated rings. The van der Waals surface area contributed by atoms with Crippen LogP contribution in [0.3, 0.4) is 0 Å². The molecule has 4 heteroatoms. The van der Waals surface area contributed by atoms with Crippen LogP contribution < -0.4 is 5.73 Å². The van der Waals surface area contributed by atoms with Gasteiger partial charge in [0.25, 0.3) is 0 Å². The van der Waals surface area contributed by atoms with E-state index in [-0.39, 0.29) is 5.54 Å². The fraction of sp³-hybridized carbons (Fsp3) is 0.812. The smallest absolute Gasteiger partial charge is 0.0764 e. The van der Waals surface area contributed by atoms with Gasteiger partial charge in [0.05, 0.1) is 11.7 Å². The summed E-state index contributed by atoms with van der Waals surface area (Å²) in [6.07, 6.45) is 9.59. The fourth-order valence-electron chi connectivity index (χ4n) is 3.48. The van der Waals surface area contributed by atoms with Crippen LogP contribution in [0.4, 0.5) is 0 Å². The number of hydrogen-bond acceptors (Lipinski definition) is 3. The lowest BCUT2D eigenvalue weighted by Gasteiger charge is -2.39. The highest BCUT2D eigenvalue weighted by Crippen LogP contribution is 2.29. The van der Waals surface area contributed by atoms with Gasteiger partial charge in [-0.05, 0) is 38.8 Å². The zero-order valence-corrected chi connectivity index (χ0v) is 13.3. The molecule has 2 N–H and O–H groups in total. The summed E-state index contributed by atoms with van der Waals surface area (Å²) in [5.41, 5.74) is 7.29. The van der Waals surface area contributed by atoms with Gasteiger partial charge in [-0.2, -0.15) is 5.10 Å². The molecule has 0 saturated heterocycles. The first kappa shape index (κ1) is 15.5. The summed E-state index contributed by atoms with van der Waals surface area (Å²) in [5.74, 6) is 0. The highest BCUT2D eigenvalue weighted by Gasteiger charge is 2.29. The van der Waals surface area contributed by atoms with Gasteiger partial charge in [0, 0.05) is 24.8 Å². The van der Waals surface area contributed by atoms with Crippen LogP contribution in [0, 0.1) is 0 Å². The molecule has 1 aromatic rings. The lowest BCUT2D eigenvalue weighted by molar-refractivity contribution is 0.106. The van der Waals surface area contributed by atoms with Crippen LogP contribution in [0.25, 0.3) is 0 Å². The largest absolute Gasteiger partial charge is 0.329 e. The van der Waals surface area contributed by atoms with E-state index >= 15 is 0 Å². The van der Waals surface area contributed by atoms with Gasteiger partial charge in [0.1, 0.15) is 0 Å². The van der Waals surface area contributed by atoms with Crippen molar-refractivity contribution in [3.05, 3.63) is 18.0 Å². The maximum atomic E-state index is 6.02. The van der Waals surface area contributed by atoms with Crippen molar-refractivity contribution in [1.29, 1.82) is 0 Å². The summed E-state index contributed by atoms with van der Waals surface area (Å²) in [5, 5.41) is 4.78. The van der Waals surface area contributed by atoms with Gasteiger partial charge in [-0.3, -0.25) is 9.58 Å². The van der Waals surface area contributed by atoms with Crippen LogP contribution in [0.15, 0.2) is 12.3 Å². The van der Waals surface area contributed by atoms with E-state index in [2.05, 4.69) is 42.7 Å².